The van der Waals surface area contributed by atoms with Gasteiger partial charge in [-0.2, -0.15) is 0 Å². The van der Waals surface area contributed by atoms with E-state index in [0.29, 0.717) is 12.5 Å². The molecule has 0 aliphatic heterocycles. The molecule has 0 radical (unpaired) electrons. The minimum Gasteiger partial charge on any atom is -0.364 e. The van der Waals surface area contributed by atoms with Gasteiger partial charge >= 0.3 is 5.69 Å². The number of anilines is 1. The molecular formula is C12H22N4O2. The Balaban J connectivity index is 2.59. The van der Waals surface area contributed by atoms with E-state index in [1.807, 2.05) is 0 Å². The van der Waals surface area contributed by atoms with E-state index in [2.05, 4.69) is 24.3 Å². The summed E-state index contributed by atoms with van der Waals surface area (Å²) in [6.07, 6.45) is 3.29. The van der Waals surface area contributed by atoms with E-state index in [1.165, 1.54) is 20.5 Å². The smallest absolute Gasteiger partial charge is 0.346 e. The van der Waals surface area contributed by atoms with E-state index in [4.69, 9.17) is 0 Å². The van der Waals surface area contributed by atoms with Crippen molar-refractivity contribution in [3.8, 4) is 0 Å². The SMILES string of the molecule is CC(C)CCCCNc1nn(C)c(=O)n(C)c1=O. The maximum Gasteiger partial charge on any atom is 0.346 e. The van der Waals surface area contributed by atoms with Gasteiger partial charge in [0.1, 0.15) is 0 Å². The Morgan fingerprint density at radius 2 is 1.89 bits per heavy atom. The second-order valence-electron chi connectivity index (χ2n) is 4.94. The van der Waals surface area contributed by atoms with Crippen molar-refractivity contribution in [1.82, 2.24) is 14.3 Å². The number of aromatic nitrogens is 3. The van der Waals surface area contributed by atoms with Gasteiger partial charge < -0.3 is 5.32 Å². The summed E-state index contributed by atoms with van der Waals surface area (Å²) in [6.45, 7) is 5.09. The Morgan fingerprint density at radius 1 is 1.22 bits per heavy atom. The first-order valence-electron chi connectivity index (χ1n) is 6.31. The lowest BCUT2D eigenvalue weighted by Gasteiger charge is -2.08. The molecule has 1 aromatic heterocycles. The molecule has 0 fully saturated rings. The average Bonchev–Trinajstić information content (AvgIpc) is 2.32. The van der Waals surface area contributed by atoms with Crippen molar-refractivity contribution in [2.75, 3.05) is 11.9 Å². The highest BCUT2D eigenvalue weighted by Crippen LogP contribution is 2.05. The number of aryl methyl sites for hydroxylation is 1. The minimum atomic E-state index is -0.412. The topological polar surface area (TPSA) is 68.9 Å². The molecule has 6 nitrogen and oxygen atoms in total. The molecule has 0 saturated carbocycles. The third-order valence-corrected chi connectivity index (χ3v) is 2.82. The average molecular weight is 254 g/mol. The molecule has 1 aromatic rings. The largest absolute Gasteiger partial charge is 0.364 e. The van der Waals surface area contributed by atoms with Gasteiger partial charge in [-0.25, -0.2) is 9.48 Å². The van der Waals surface area contributed by atoms with Gasteiger partial charge in [-0.1, -0.05) is 26.7 Å². The number of unbranched alkanes of at least 4 members (excludes halogenated alkanes) is 1. The molecule has 0 saturated heterocycles. The highest BCUT2D eigenvalue weighted by atomic mass is 16.2. The van der Waals surface area contributed by atoms with Crippen LogP contribution in [0.1, 0.15) is 33.1 Å². The molecule has 0 aromatic carbocycles. The monoisotopic (exact) mass is 254 g/mol. The molecule has 0 aliphatic rings. The van der Waals surface area contributed by atoms with Crippen LogP contribution in [-0.2, 0) is 14.1 Å². The zero-order chi connectivity index (χ0) is 13.7. The van der Waals surface area contributed by atoms with E-state index in [9.17, 15) is 9.59 Å². The summed E-state index contributed by atoms with van der Waals surface area (Å²) in [7, 11) is 2.99. The lowest BCUT2D eigenvalue weighted by Crippen LogP contribution is -2.40. The van der Waals surface area contributed by atoms with Crippen LogP contribution in [-0.4, -0.2) is 20.9 Å². The van der Waals surface area contributed by atoms with Crippen LogP contribution in [0, 0.1) is 5.92 Å². The van der Waals surface area contributed by atoms with Crippen molar-refractivity contribution in [3.05, 3.63) is 20.8 Å². The number of rotatable bonds is 6. The summed E-state index contributed by atoms with van der Waals surface area (Å²) in [6, 6.07) is 0. The van der Waals surface area contributed by atoms with Crippen LogP contribution >= 0.6 is 0 Å². The predicted octanol–water partition coefficient (Wildman–Crippen LogP) is 0.717. The Labute approximate surface area is 107 Å². The third-order valence-electron chi connectivity index (χ3n) is 2.82. The van der Waals surface area contributed by atoms with Gasteiger partial charge in [0.2, 0.25) is 5.82 Å². The molecule has 6 heteroatoms. The number of hydrogen-bond acceptors (Lipinski definition) is 4. The first-order valence-corrected chi connectivity index (χ1v) is 6.31. The van der Waals surface area contributed by atoms with E-state index in [-0.39, 0.29) is 11.4 Å². The van der Waals surface area contributed by atoms with Gasteiger partial charge in [-0.15, -0.1) is 5.10 Å². The van der Waals surface area contributed by atoms with Gasteiger partial charge in [0.15, 0.2) is 0 Å². The van der Waals surface area contributed by atoms with E-state index in [1.54, 1.807) is 0 Å². The maximum atomic E-state index is 11.7. The molecule has 1 heterocycles. The summed E-state index contributed by atoms with van der Waals surface area (Å²) in [4.78, 5) is 23.2. The molecule has 0 aliphatic carbocycles. The third kappa shape index (κ3) is 3.72. The van der Waals surface area contributed by atoms with Crippen molar-refractivity contribution in [2.24, 2.45) is 20.0 Å². The number of hydrogen-bond donors (Lipinski definition) is 1. The Morgan fingerprint density at radius 3 is 2.50 bits per heavy atom. The van der Waals surface area contributed by atoms with Crippen LogP contribution in [0.3, 0.4) is 0 Å². The lowest BCUT2D eigenvalue weighted by atomic mass is 10.1. The Kier molecular flexibility index (Phi) is 5.12. The molecule has 18 heavy (non-hydrogen) atoms. The summed E-state index contributed by atoms with van der Waals surface area (Å²) >= 11 is 0. The summed E-state index contributed by atoms with van der Waals surface area (Å²) in [5.41, 5.74) is -0.785. The highest BCUT2D eigenvalue weighted by molar-refractivity contribution is 5.29. The van der Waals surface area contributed by atoms with Crippen LogP contribution in [0.5, 0.6) is 0 Å². The van der Waals surface area contributed by atoms with Gasteiger partial charge in [0.05, 0.1) is 0 Å². The van der Waals surface area contributed by atoms with Crippen molar-refractivity contribution < 1.29 is 0 Å². The van der Waals surface area contributed by atoms with Crippen molar-refractivity contribution in [2.45, 2.75) is 33.1 Å². The molecule has 1 N–H and O–H groups in total. The number of nitrogens with zero attached hydrogens (tertiary/aromatic N) is 3. The fourth-order valence-electron chi connectivity index (χ4n) is 1.69. The molecule has 0 bridgehead atoms. The second-order valence-corrected chi connectivity index (χ2v) is 4.94. The first-order chi connectivity index (χ1) is 8.43. The molecular weight excluding hydrogens is 232 g/mol. The van der Waals surface area contributed by atoms with Gasteiger partial charge in [0, 0.05) is 20.6 Å². The lowest BCUT2D eigenvalue weighted by molar-refractivity contribution is 0.543. The maximum absolute atomic E-state index is 11.7. The molecule has 102 valence electrons. The zero-order valence-electron chi connectivity index (χ0n) is 11.6. The fourth-order valence-corrected chi connectivity index (χ4v) is 1.69. The first kappa shape index (κ1) is 14.5. The second kappa shape index (κ2) is 6.37. The van der Waals surface area contributed by atoms with Gasteiger partial charge in [-0.05, 0) is 12.3 Å². The summed E-state index contributed by atoms with van der Waals surface area (Å²) in [5.74, 6) is 0.942. The van der Waals surface area contributed by atoms with Crippen LogP contribution < -0.4 is 16.6 Å². The Hall–Kier alpha value is -1.59. The van der Waals surface area contributed by atoms with Crippen LogP contribution in [0.4, 0.5) is 5.82 Å². The summed E-state index contributed by atoms with van der Waals surface area (Å²) < 4.78 is 2.22. The fraction of sp³-hybridized carbons (Fsp3) is 0.750. The minimum absolute atomic E-state index is 0.240. The highest BCUT2D eigenvalue weighted by Gasteiger charge is 2.07. The zero-order valence-corrected chi connectivity index (χ0v) is 11.6. The van der Waals surface area contributed by atoms with Crippen LogP contribution in [0.15, 0.2) is 9.59 Å². The molecule has 0 amide bonds. The van der Waals surface area contributed by atoms with Crippen molar-refractivity contribution >= 4 is 5.82 Å². The molecule has 0 atom stereocenters. The van der Waals surface area contributed by atoms with E-state index in [0.717, 1.165) is 22.1 Å². The Bertz CT molecular complexity index is 502. The standard InChI is InChI=1S/C12H22N4O2/c1-9(2)7-5-6-8-13-10-11(17)15(3)12(18)16(4)14-10/h9H,5-8H2,1-4H3,(H,13,14). The van der Waals surface area contributed by atoms with Gasteiger partial charge in [-0.3, -0.25) is 9.36 Å². The quantitative estimate of drug-likeness (QED) is 0.759. The van der Waals surface area contributed by atoms with Crippen molar-refractivity contribution in [3.63, 3.8) is 0 Å². The van der Waals surface area contributed by atoms with E-state index >= 15 is 0 Å². The van der Waals surface area contributed by atoms with Crippen LogP contribution in [0.25, 0.3) is 0 Å². The normalized spacial score (nSPS) is 10.9. The molecule has 1 rings (SSSR count). The molecule has 0 unspecified atom stereocenters. The van der Waals surface area contributed by atoms with Crippen molar-refractivity contribution in [1.29, 1.82) is 0 Å². The predicted molar refractivity (Wildman–Crippen MR) is 71.9 cm³/mol. The van der Waals surface area contributed by atoms with Crippen LogP contribution in [0.2, 0.25) is 0 Å². The summed E-state index contributed by atoms with van der Waals surface area (Å²) in [5, 5.41) is 6.92. The number of nitrogens with one attached hydrogen (secondary N) is 1. The molecule has 0 spiro atoms. The van der Waals surface area contributed by atoms with E-state index < -0.39 is 5.69 Å². The van der Waals surface area contributed by atoms with Gasteiger partial charge in [0.25, 0.3) is 5.56 Å².